The van der Waals surface area contributed by atoms with Crippen LogP contribution in [0.25, 0.3) is 10.3 Å². The van der Waals surface area contributed by atoms with E-state index in [1.807, 2.05) is 33.0 Å². The number of aromatic nitrogens is 2. The van der Waals surface area contributed by atoms with Crippen LogP contribution in [0.5, 0.6) is 0 Å². The Balaban J connectivity index is 0.000000396. The summed E-state index contributed by atoms with van der Waals surface area (Å²) < 4.78 is 1.12. The molecule has 70 valence electrons. The third-order valence-corrected chi connectivity index (χ3v) is 2.41. The van der Waals surface area contributed by atoms with Crippen molar-refractivity contribution in [2.24, 2.45) is 0 Å². The van der Waals surface area contributed by atoms with Crippen molar-refractivity contribution in [2.75, 3.05) is 12.4 Å². The average Bonchev–Trinajstić information content (AvgIpc) is 2.63. The Hall–Kier alpha value is -1.16. The Morgan fingerprint density at radius 2 is 2.15 bits per heavy atom. The number of fused-ring (bicyclic) bond motifs is 1. The summed E-state index contributed by atoms with van der Waals surface area (Å²) in [5, 5.41) is 3.90. The van der Waals surface area contributed by atoms with Gasteiger partial charge in [0.05, 0.1) is 4.70 Å². The van der Waals surface area contributed by atoms with E-state index in [-0.39, 0.29) is 0 Å². The van der Waals surface area contributed by atoms with Crippen LogP contribution in [0.2, 0.25) is 0 Å². The van der Waals surface area contributed by atoms with Gasteiger partial charge >= 0.3 is 0 Å². The van der Waals surface area contributed by atoms with Crippen molar-refractivity contribution < 1.29 is 0 Å². The Morgan fingerprint density at radius 3 is 2.77 bits per heavy atom. The minimum absolute atomic E-state index is 0.821. The first kappa shape index (κ1) is 9.92. The smallest absolute Gasteiger partial charge is 0.185 e. The largest absolute Gasteiger partial charge is 0.365 e. The maximum absolute atomic E-state index is 4.23. The molecular formula is C9H13N3S. The van der Waals surface area contributed by atoms with Crippen molar-refractivity contribution in [3.05, 3.63) is 18.3 Å². The van der Waals surface area contributed by atoms with E-state index in [0.717, 1.165) is 15.5 Å². The van der Waals surface area contributed by atoms with E-state index in [2.05, 4.69) is 15.3 Å². The lowest BCUT2D eigenvalue weighted by molar-refractivity contribution is 1.31. The van der Waals surface area contributed by atoms with E-state index in [0.29, 0.717) is 0 Å². The first-order valence-electron chi connectivity index (χ1n) is 4.29. The van der Waals surface area contributed by atoms with Crippen molar-refractivity contribution in [1.82, 2.24) is 9.97 Å². The van der Waals surface area contributed by atoms with Gasteiger partial charge in [-0.15, -0.1) is 0 Å². The summed E-state index contributed by atoms with van der Waals surface area (Å²) >= 11 is 1.61. The third-order valence-electron chi connectivity index (χ3n) is 1.38. The molecule has 0 atom stereocenters. The molecule has 0 aliphatic rings. The standard InChI is InChI=1S/C7H7N3S.C2H6/c1-8-7-10-6-5(11-7)3-2-4-9-6;1-2/h2-4H,1H3,(H,8,9,10);1-2H3. The first-order valence-corrected chi connectivity index (χ1v) is 5.11. The molecule has 0 aromatic carbocycles. The molecule has 2 heterocycles. The molecular weight excluding hydrogens is 182 g/mol. The van der Waals surface area contributed by atoms with E-state index in [9.17, 15) is 0 Å². The van der Waals surface area contributed by atoms with Gasteiger partial charge in [0.15, 0.2) is 10.8 Å². The number of anilines is 1. The Labute approximate surface area is 81.8 Å². The first-order chi connectivity index (χ1) is 6.40. The highest BCUT2D eigenvalue weighted by Crippen LogP contribution is 2.22. The molecule has 0 saturated heterocycles. The highest BCUT2D eigenvalue weighted by atomic mass is 32.1. The van der Waals surface area contributed by atoms with E-state index < -0.39 is 0 Å². The van der Waals surface area contributed by atoms with Crippen LogP contribution in [0.3, 0.4) is 0 Å². The van der Waals surface area contributed by atoms with Crippen LogP contribution in [-0.2, 0) is 0 Å². The van der Waals surface area contributed by atoms with Gasteiger partial charge < -0.3 is 5.32 Å². The number of thiazole rings is 1. The summed E-state index contributed by atoms with van der Waals surface area (Å²) in [6.07, 6.45) is 1.75. The van der Waals surface area contributed by atoms with Crippen LogP contribution in [0.4, 0.5) is 5.13 Å². The second-order valence-electron chi connectivity index (χ2n) is 2.09. The summed E-state index contributed by atoms with van der Waals surface area (Å²) in [6, 6.07) is 3.93. The Kier molecular flexibility index (Phi) is 3.64. The summed E-state index contributed by atoms with van der Waals surface area (Å²) in [6.45, 7) is 4.00. The zero-order chi connectivity index (χ0) is 9.68. The van der Waals surface area contributed by atoms with Crippen LogP contribution >= 0.6 is 11.3 Å². The molecule has 0 amide bonds. The van der Waals surface area contributed by atoms with E-state index in [1.165, 1.54) is 0 Å². The molecule has 0 aliphatic heterocycles. The van der Waals surface area contributed by atoms with Crippen molar-refractivity contribution in [1.29, 1.82) is 0 Å². The number of pyridine rings is 1. The summed E-state index contributed by atoms with van der Waals surface area (Å²) in [7, 11) is 1.86. The fraction of sp³-hybridized carbons (Fsp3) is 0.333. The predicted molar refractivity (Wildman–Crippen MR) is 58.3 cm³/mol. The molecule has 0 unspecified atom stereocenters. The van der Waals surface area contributed by atoms with Crippen LogP contribution in [0.1, 0.15) is 13.8 Å². The maximum atomic E-state index is 4.23. The fourth-order valence-electron chi connectivity index (χ4n) is 0.876. The quantitative estimate of drug-likeness (QED) is 0.760. The van der Waals surface area contributed by atoms with E-state index in [4.69, 9.17) is 0 Å². The minimum atomic E-state index is 0.821. The second kappa shape index (κ2) is 4.77. The highest BCUT2D eigenvalue weighted by Gasteiger charge is 1.99. The van der Waals surface area contributed by atoms with Crippen molar-refractivity contribution in [3.8, 4) is 0 Å². The third kappa shape index (κ3) is 2.15. The molecule has 13 heavy (non-hydrogen) atoms. The molecule has 0 saturated carbocycles. The molecule has 0 aliphatic carbocycles. The molecule has 4 heteroatoms. The summed E-state index contributed by atoms with van der Waals surface area (Å²) in [4.78, 5) is 8.34. The molecule has 0 spiro atoms. The number of nitrogens with one attached hydrogen (secondary N) is 1. The maximum Gasteiger partial charge on any atom is 0.185 e. The number of hydrogen-bond donors (Lipinski definition) is 1. The fourth-order valence-corrected chi connectivity index (χ4v) is 1.65. The lowest BCUT2D eigenvalue weighted by atomic mass is 10.5. The molecule has 3 nitrogen and oxygen atoms in total. The Morgan fingerprint density at radius 1 is 1.38 bits per heavy atom. The summed E-state index contributed by atoms with van der Waals surface area (Å²) in [5.74, 6) is 0. The monoisotopic (exact) mass is 195 g/mol. The van der Waals surface area contributed by atoms with Gasteiger partial charge in [-0.2, -0.15) is 0 Å². The van der Waals surface area contributed by atoms with Crippen LogP contribution in [0, 0.1) is 0 Å². The zero-order valence-corrected chi connectivity index (χ0v) is 8.85. The molecule has 0 fully saturated rings. The topological polar surface area (TPSA) is 37.8 Å². The SMILES string of the molecule is CC.CNc1nc2ncccc2s1. The Bertz CT molecular complexity index is 337. The van der Waals surface area contributed by atoms with E-state index in [1.54, 1.807) is 17.5 Å². The van der Waals surface area contributed by atoms with Crippen LogP contribution in [-0.4, -0.2) is 17.0 Å². The molecule has 2 aromatic heterocycles. The molecule has 2 rings (SSSR count). The molecule has 2 aromatic rings. The van der Waals surface area contributed by atoms with Crippen LogP contribution < -0.4 is 5.32 Å². The van der Waals surface area contributed by atoms with Crippen molar-refractivity contribution in [2.45, 2.75) is 13.8 Å². The van der Waals surface area contributed by atoms with Crippen LogP contribution in [0.15, 0.2) is 18.3 Å². The lowest BCUT2D eigenvalue weighted by Crippen LogP contribution is -1.84. The normalized spacial score (nSPS) is 9.15. The highest BCUT2D eigenvalue weighted by molar-refractivity contribution is 7.22. The van der Waals surface area contributed by atoms with Gasteiger partial charge in [-0.3, -0.25) is 0 Å². The average molecular weight is 195 g/mol. The minimum Gasteiger partial charge on any atom is -0.365 e. The zero-order valence-electron chi connectivity index (χ0n) is 8.03. The van der Waals surface area contributed by atoms with Gasteiger partial charge in [0.1, 0.15) is 0 Å². The molecule has 0 bridgehead atoms. The lowest BCUT2D eigenvalue weighted by Gasteiger charge is -1.84. The van der Waals surface area contributed by atoms with Gasteiger partial charge in [0.2, 0.25) is 0 Å². The van der Waals surface area contributed by atoms with Crippen molar-refractivity contribution in [3.63, 3.8) is 0 Å². The van der Waals surface area contributed by atoms with Gasteiger partial charge in [-0.25, -0.2) is 9.97 Å². The van der Waals surface area contributed by atoms with E-state index >= 15 is 0 Å². The predicted octanol–water partition coefficient (Wildman–Crippen LogP) is 2.76. The molecule has 0 radical (unpaired) electrons. The van der Waals surface area contributed by atoms with Crippen molar-refractivity contribution >= 4 is 26.8 Å². The number of nitrogens with zero attached hydrogens (tertiary/aromatic N) is 2. The van der Waals surface area contributed by atoms with Gasteiger partial charge in [0, 0.05) is 13.2 Å². The molecule has 1 N–H and O–H groups in total. The van der Waals surface area contributed by atoms with Gasteiger partial charge in [0.25, 0.3) is 0 Å². The van der Waals surface area contributed by atoms with Gasteiger partial charge in [-0.05, 0) is 12.1 Å². The second-order valence-corrected chi connectivity index (χ2v) is 3.12. The number of hydrogen-bond acceptors (Lipinski definition) is 4. The van der Waals surface area contributed by atoms with Gasteiger partial charge in [-0.1, -0.05) is 25.2 Å². The summed E-state index contributed by atoms with van der Waals surface area (Å²) in [5.41, 5.74) is 0.821. The number of rotatable bonds is 1.